The predicted molar refractivity (Wildman–Crippen MR) is 111 cm³/mol. The number of piperidine rings is 1. The number of hydrogen-bond donors (Lipinski definition) is 2. The second kappa shape index (κ2) is 9.34. The molecule has 4 rings (SSSR count). The van der Waals surface area contributed by atoms with E-state index in [9.17, 15) is 4.79 Å². The van der Waals surface area contributed by atoms with Gasteiger partial charge in [-0.3, -0.25) is 9.69 Å². The number of carbonyl (C=O) groups is 1. The second-order valence-electron chi connectivity index (χ2n) is 7.05. The number of benzene rings is 1. The van der Waals surface area contributed by atoms with E-state index in [1.165, 1.54) is 17.3 Å². The van der Waals surface area contributed by atoms with E-state index >= 15 is 0 Å². The van der Waals surface area contributed by atoms with Crippen LogP contribution in [0.5, 0.6) is 5.75 Å². The van der Waals surface area contributed by atoms with Crippen molar-refractivity contribution in [2.45, 2.75) is 25.8 Å². The number of nitrogens with zero attached hydrogens (tertiary/aromatic N) is 7. The van der Waals surface area contributed by atoms with Crippen LogP contribution in [-0.4, -0.2) is 62.5 Å². The maximum absolute atomic E-state index is 12.8. The number of ether oxygens (including phenoxy) is 1. The molecule has 1 amide bonds. The first-order valence-electron chi connectivity index (χ1n) is 9.89. The molecule has 0 aliphatic carbocycles. The molecule has 2 aromatic heterocycles. The lowest BCUT2D eigenvalue weighted by Gasteiger charge is -2.26. The Bertz CT molecular complexity index is 1070. The maximum atomic E-state index is 12.8. The molecule has 162 valence electrons. The van der Waals surface area contributed by atoms with Crippen LogP contribution in [-0.2, 0) is 6.54 Å². The smallest absolute Gasteiger partial charge is 0.293 e. The zero-order valence-corrected chi connectivity index (χ0v) is 17.1. The van der Waals surface area contributed by atoms with E-state index in [2.05, 4.69) is 40.7 Å². The van der Waals surface area contributed by atoms with E-state index in [0.29, 0.717) is 18.0 Å². The molecule has 1 aromatic carbocycles. The molecule has 3 aromatic rings. The fraction of sp³-hybridized carbons (Fsp3) is 0.368. The van der Waals surface area contributed by atoms with Gasteiger partial charge in [0, 0.05) is 12.1 Å². The Morgan fingerprint density at radius 2 is 2.10 bits per heavy atom. The summed E-state index contributed by atoms with van der Waals surface area (Å²) in [6.45, 7) is 2.30. The van der Waals surface area contributed by atoms with E-state index < -0.39 is 5.91 Å². The van der Waals surface area contributed by atoms with E-state index in [4.69, 9.17) is 10.5 Å². The van der Waals surface area contributed by atoms with E-state index in [1.54, 1.807) is 7.11 Å². The van der Waals surface area contributed by atoms with Crippen LogP contribution in [0.2, 0.25) is 0 Å². The topological polar surface area (TPSA) is 150 Å². The first kappa shape index (κ1) is 20.5. The minimum atomic E-state index is -0.501. The zero-order valence-electron chi connectivity index (χ0n) is 17.1. The average Bonchev–Trinajstić information content (AvgIpc) is 3.40. The molecule has 0 radical (unpaired) electrons. The fourth-order valence-corrected chi connectivity index (χ4v) is 3.44. The molecule has 0 unspecified atom stereocenters. The van der Waals surface area contributed by atoms with Gasteiger partial charge in [0.25, 0.3) is 5.91 Å². The van der Waals surface area contributed by atoms with Gasteiger partial charge in [-0.15, -0.1) is 5.10 Å². The molecular weight excluding hydrogens is 402 g/mol. The van der Waals surface area contributed by atoms with Crippen LogP contribution in [0.3, 0.4) is 0 Å². The minimum Gasteiger partial charge on any atom is -0.496 e. The fourth-order valence-electron chi connectivity index (χ4n) is 3.44. The number of hydrogen-bond acceptors (Lipinski definition) is 10. The number of hydrazone groups is 1. The highest BCUT2D eigenvalue weighted by Crippen LogP contribution is 2.20. The van der Waals surface area contributed by atoms with Crippen molar-refractivity contribution in [1.82, 2.24) is 35.6 Å². The zero-order chi connectivity index (χ0) is 21.6. The van der Waals surface area contributed by atoms with Crippen molar-refractivity contribution in [3.8, 4) is 11.6 Å². The first-order valence-corrected chi connectivity index (χ1v) is 9.89. The van der Waals surface area contributed by atoms with E-state index in [-0.39, 0.29) is 17.3 Å². The Kier molecular flexibility index (Phi) is 6.17. The molecule has 1 saturated heterocycles. The molecule has 1 aliphatic rings. The predicted octanol–water partition coefficient (Wildman–Crippen LogP) is 0.991. The number of nitrogen functional groups attached to an aromatic ring is 1. The molecule has 0 saturated carbocycles. The molecule has 1 aliphatic heterocycles. The summed E-state index contributed by atoms with van der Waals surface area (Å²) < 4.78 is 11.4. The molecule has 31 heavy (non-hydrogen) atoms. The Labute approximate surface area is 178 Å². The van der Waals surface area contributed by atoms with Crippen molar-refractivity contribution in [3.05, 3.63) is 41.2 Å². The lowest BCUT2D eigenvalue weighted by molar-refractivity contribution is 0.0947. The number of likely N-dealkylation sites (tertiary alicyclic amines) is 1. The molecule has 3 N–H and O–H groups in total. The van der Waals surface area contributed by atoms with Crippen molar-refractivity contribution < 1.29 is 14.2 Å². The lowest BCUT2D eigenvalue weighted by atomic mass is 10.1. The Hall–Kier alpha value is -3.80. The summed E-state index contributed by atoms with van der Waals surface area (Å²) in [5.74, 6) is 0.396. The minimum absolute atomic E-state index is 0.0611. The standard InChI is InChI=1S/C19H23N9O3/c1-30-15-8-4-3-7-13(15)11-21-23-19(29)16-14(12-27-9-5-2-6-10-27)28(26-22-16)18-17(20)24-31-25-18/h3-4,7-8,11H,2,5-6,9-10,12H2,1H3,(H2,20,24)(H,23,29)/b21-11+. The monoisotopic (exact) mass is 425 g/mol. The van der Waals surface area contributed by atoms with Gasteiger partial charge in [-0.1, -0.05) is 23.8 Å². The summed E-state index contributed by atoms with van der Waals surface area (Å²) in [5, 5.41) is 19.5. The van der Waals surface area contributed by atoms with Gasteiger partial charge in [-0.25, -0.2) is 10.1 Å². The van der Waals surface area contributed by atoms with Gasteiger partial charge in [0.2, 0.25) is 11.6 Å². The normalized spacial score (nSPS) is 14.7. The molecule has 12 heteroatoms. The van der Waals surface area contributed by atoms with Crippen LogP contribution in [0, 0.1) is 0 Å². The van der Waals surface area contributed by atoms with Gasteiger partial charge < -0.3 is 10.5 Å². The van der Waals surface area contributed by atoms with Crippen LogP contribution >= 0.6 is 0 Å². The van der Waals surface area contributed by atoms with Crippen LogP contribution < -0.4 is 15.9 Å². The highest BCUT2D eigenvalue weighted by molar-refractivity contribution is 5.94. The highest BCUT2D eigenvalue weighted by Gasteiger charge is 2.26. The summed E-state index contributed by atoms with van der Waals surface area (Å²) in [5.41, 5.74) is 9.72. The summed E-state index contributed by atoms with van der Waals surface area (Å²) >= 11 is 0. The number of rotatable bonds is 7. The van der Waals surface area contributed by atoms with Crippen LogP contribution in [0.4, 0.5) is 5.82 Å². The van der Waals surface area contributed by atoms with Crippen molar-refractivity contribution in [2.24, 2.45) is 5.10 Å². The van der Waals surface area contributed by atoms with Crippen molar-refractivity contribution >= 4 is 17.9 Å². The number of carbonyl (C=O) groups excluding carboxylic acids is 1. The number of anilines is 1. The van der Waals surface area contributed by atoms with Gasteiger partial charge in [-0.2, -0.15) is 9.78 Å². The van der Waals surface area contributed by atoms with Crippen LogP contribution in [0.15, 0.2) is 34.0 Å². The number of nitrogens with two attached hydrogens (primary N) is 1. The summed E-state index contributed by atoms with van der Waals surface area (Å²) in [7, 11) is 1.57. The number of amides is 1. The molecule has 0 atom stereocenters. The molecular formula is C19H23N9O3. The molecule has 0 spiro atoms. The van der Waals surface area contributed by atoms with E-state index in [0.717, 1.165) is 31.5 Å². The van der Waals surface area contributed by atoms with Crippen molar-refractivity contribution in [3.63, 3.8) is 0 Å². The number of para-hydroxylation sites is 1. The Morgan fingerprint density at radius 3 is 2.84 bits per heavy atom. The Balaban J connectivity index is 1.57. The quantitative estimate of drug-likeness (QED) is 0.417. The molecule has 0 bridgehead atoms. The average molecular weight is 425 g/mol. The Morgan fingerprint density at radius 1 is 1.29 bits per heavy atom. The third kappa shape index (κ3) is 4.53. The summed E-state index contributed by atoms with van der Waals surface area (Å²) in [6.07, 6.45) is 4.89. The van der Waals surface area contributed by atoms with Crippen molar-refractivity contribution in [1.29, 1.82) is 0 Å². The van der Waals surface area contributed by atoms with Crippen LogP contribution in [0.25, 0.3) is 5.82 Å². The maximum Gasteiger partial charge on any atom is 0.293 e. The van der Waals surface area contributed by atoms with Gasteiger partial charge in [0.15, 0.2) is 5.69 Å². The van der Waals surface area contributed by atoms with Gasteiger partial charge in [0.1, 0.15) is 5.75 Å². The number of methoxy groups -OCH3 is 1. The molecule has 1 fully saturated rings. The SMILES string of the molecule is COc1ccccc1/C=N/NC(=O)c1nnn(-c2nonc2N)c1CN1CCCCC1. The third-order valence-electron chi connectivity index (χ3n) is 5.01. The van der Waals surface area contributed by atoms with Gasteiger partial charge >= 0.3 is 0 Å². The van der Waals surface area contributed by atoms with E-state index in [1.807, 2.05) is 24.3 Å². The van der Waals surface area contributed by atoms with Gasteiger partial charge in [0.05, 0.1) is 19.0 Å². The number of aromatic nitrogens is 5. The third-order valence-corrected chi connectivity index (χ3v) is 5.01. The summed E-state index contributed by atoms with van der Waals surface area (Å²) in [6, 6.07) is 7.34. The molecule has 3 heterocycles. The molecule has 12 nitrogen and oxygen atoms in total. The van der Waals surface area contributed by atoms with Gasteiger partial charge in [-0.05, 0) is 48.4 Å². The lowest BCUT2D eigenvalue weighted by Crippen LogP contribution is -2.31. The second-order valence-corrected chi connectivity index (χ2v) is 7.05. The highest BCUT2D eigenvalue weighted by atomic mass is 16.6. The van der Waals surface area contributed by atoms with Crippen molar-refractivity contribution in [2.75, 3.05) is 25.9 Å². The largest absolute Gasteiger partial charge is 0.496 e. The first-order chi connectivity index (χ1) is 15.2. The summed E-state index contributed by atoms with van der Waals surface area (Å²) in [4.78, 5) is 15.1. The number of nitrogens with one attached hydrogen (secondary N) is 1. The van der Waals surface area contributed by atoms with Crippen LogP contribution in [0.1, 0.15) is 41.0 Å².